The molecule has 0 saturated heterocycles. The lowest BCUT2D eigenvalue weighted by Gasteiger charge is -2.14. The van der Waals surface area contributed by atoms with E-state index in [4.69, 9.17) is 20.9 Å². The summed E-state index contributed by atoms with van der Waals surface area (Å²) in [6.45, 7) is 0.115. The van der Waals surface area contributed by atoms with E-state index in [1.165, 1.54) is 14.2 Å². The maximum Gasteiger partial charge on any atom is 0.316 e. The van der Waals surface area contributed by atoms with E-state index < -0.39 is 12.1 Å². The number of hydrogen-bond acceptors (Lipinski definition) is 5. The Morgan fingerprint density at radius 3 is 2.48 bits per heavy atom. The second-order valence-electron chi connectivity index (χ2n) is 3.96. The van der Waals surface area contributed by atoms with Gasteiger partial charge in [0.05, 0.1) is 19.4 Å². The van der Waals surface area contributed by atoms with Crippen molar-refractivity contribution in [1.29, 1.82) is 0 Å². The van der Waals surface area contributed by atoms with Crippen LogP contribution in [0.25, 0.3) is 0 Å². The van der Waals surface area contributed by atoms with E-state index >= 15 is 0 Å². The molecule has 0 fully saturated rings. The zero-order valence-corrected chi connectivity index (χ0v) is 12.5. The van der Waals surface area contributed by atoms with Crippen molar-refractivity contribution in [2.75, 3.05) is 31.5 Å². The molecule has 6 N–H and O–H groups in total. The molecule has 0 saturated carbocycles. The van der Waals surface area contributed by atoms with Crippen molar-refractivity contribution in [1.82, 2.24) is 0 Å². The van der Waals surface area contributed by atoms with Crippen LogP contribution >= 0.6 is 12.4 Å². The molecule has 0 aromatic heterocycles. The number of ether oxygens (including phenoxy) is 2. The molecule has 0 aliphatic rings. The number of anilines is 2. The summed E-state index contributed by atoms with van der Waals surface area (Å²) >= 11 is 0. The molecule has 0 bridgehead atoms. The summed E-state index contributed by atoms with van der Waals surface area (Å²) in [4.78, 5) is 22.5. The Hall–Kier alpha value is -2.03. The lowest BCUT2D eigenvalue weighted by Crippen LogP contribution is -2.39. The van der Waals surface area contributed by atoms with Crippen molar-refractivity contribution in [3.05, 3.63) is 18.2 Å². The monoisotopic (exact) mass is 318 g/mol. The van der Waals surface area contributed by atoms with Crippen molar-refractivity contribution in [3.8, 4) is 5.75 Å². The van der Waals surface area contributed by atoms with E-state index in [-0.39, 0.29) is 24.9 Å². The number of halogens is 1. The van der Waals surface area contributed by atoms with Crippen LogP contribution in [0.15, 0.2) is 18.2 Å². The number of rotatable bonds is 6. The van der Waals surface area contributed by atoms with Gasteiger partial charge in [0.2, 0.25) is 5.91 Å². The molecule has 1 atom stereocenters. The first-order chi connectivity index (χ1) is 9.47. The van der Waals surface area contributed by atoms with Crippen molar-refractivity contribution >= 4 is 35.7 Å². The minimum absolute atomic E-state index is 0. The highest BCUT2D eigenvalue weighted by Gasteiger charge is 2.14. The summed E-state index contributed by atoms with van der Waals surface area (Å²) in [6.07, 6.45) is 0. The first kappa shape index (κ1) is 19.0. The van der Waals surface area contributed by atoms with E-state index in [2.05, 4.69) is 10.6 Å². The van der Waals surface area contributed by atoms with Gasteiger partial charge in [-0.1, -0.05) is 0 Å². The smallest absolute Gasteiger partial charge is 0.316 e. The molecule has 1 aromatic rings. The summed E-state index contributed by atoms with van der Waals surface area (Å²) < 4.78 is 9.90. The van der Waals surface area contributed by atoms with Crippen LogP contribution in [0.2, 0.25) is 0 Å². The Balaban J connectivity index is 0.00000400. The lowest BCUT2D eigenvalue weighted by atomic mass is 10.2. The summed E-state index contributed by atoms with van der Waals surface area (Å²) in [6, 6.07) is 3.21. The minimum Gasteiger partial charge on any atom is -0.494 e. The normalized spacial score (nSPS) is 11.0. The maximum atomic E-state index is 11.7. The second kappa shape index (κ2) is 9.01. The zero-order chi connectivity index (χ0) is 15.1. The van der Waals surface area contributed by atoms with Gasteiger partial charge in [0.1, 0.15) is 11.8 Å². The number of benzene rings is 1. The highest BCUT2D eigenvalue weighted by atomic mass is 35.5. The number of carbonyl (C=O) groups excluding carboxylic acids is 2. The predicted molar refractivity (Wildman–Crippen MR) is 81.9 cm³/mol. The molecule has 0 aliphatic carbocycles. The Kier molecular flexibility index (Phi) is 8.14. The van der Waals surface area contributed by atoms with Gasteiger partial charge in [-0.2, -0.15) is 0 Å². The van der Waals surface area contributed by atoms with Gasteiger partial charge >= 0.3 is 6.03 Å². The average Bonchev–Trinajstić information content (AvgIpc) is 2.40. The standard InChI is InChI=1S/C12H18N4O4.ClH/c1-19-6-8(13)11(17)15-7-3-4-9(16-12(14)18)10(5-7)20-2;/h3-5,8H,6,13H2,1-2H3,(H,15,17)(H3,14,16,18);1H. The molecule has 0 heterocycles. The Bertz CT molecular complexity index is 498. The number of amides is 3. The molecule has 21 heavy (non-hydrogen) atoms. The van der Waals surface area contributed by atoms with Crippen LogP contribution in [-0.4, -0.2) is 38.8 Å². The van der Waals surface area contributed by atoms with Gasteiger partial charge in [-0.25, -0.2) is 4.79 Å². The third-order valence-electron chi connectivity index (χ3n) is 2.41. The van der Waals surface area contributed by atoms with E-state index in [0.717, 1.165) is 0 Å². The van der Waals surface area contributed by atoms with E-state index in [9.17, 15) is 9.59 Å². The molecule has 8 nitrogen and oxygen atoms in total. The van der Waals surface area contributed by atoms with E-state index in [1.807, 2.05) is 0 Å². The molecule has 1 aromatic carbocycles. The highest BCUT2D eigenvalue weighted by Crippen LogP contribution is 2.27. The summed E-state index contributed by atoms with van der Waals surface area (Å²) in [5.41, 5.74) is 11.5. The van der Waals surface area contributed by atoms with Crippen molar-refractivity contribution < 1.29 is 19.1 Å². The molecule has 0 spiro atoms. The number of carbonyl (C=O) groups is 2. The van der Waals surface area contributed by atoms with Crippen LogP contribution in [0.4, 0.5) is 16.2 Å². The Morgan fingerprint density at radius 1 is 1.29 bits per heavy atom. The van der Waals surface area contributed by atoms with Crippen LogP contribution in [0, 0.1) is 0 Å². The van der Waals surface area contributed by atoms with Gasteiger partial charge in [0.15, 0.2) is 0 Å². The van der Waals surface area contributed by atoms with Crippen molar-refractivity contribution in [2.24, 2.45) is 11.5 Å². The van der Waals surface area contributed by atoms with Gasteiger partial charge < -0.3 is 31.6 Å². The molecule has 9 heteroatoms. The quantitative estimate of drug-likeness (QED) is 0.607. The summed E-state index contributed by atoms with van der Waals surface area (Å²) in [5.74, 6) is -0.0218. The highest BCUT2D eigenvalue weighted by molar-refractivity contribution is 5.96. The topological polar surface area (TPSA) is 129 Å². The van der Waals surface area contributed by atoms with Gasteiger partial charge in [-0.15, -0.1) is 12.4 Å². The molecule has 1 rings (SSSR count). The summed E-state index contributed by atoms with van der Waals surface area (Å²) in [5, 5.41) is 5.02. The van der Waals surface area contributed by atoms with Crippen molar-refractivity contribution in [2.45, 2.75) is 6.04 Å². The fourth-order valence-corrected chi connectivity index (χ4v) is 1.50. The van der Waals surface area contributed by atoms with Crippen LogP contribution in [0.1, 0.15) is 0 Å². The SMILES string of the molecule is COCC(N)C(=O)Nc1ccc(NC(N)=O)c(OC)c1.Cl. The van der Waals surface area contributed by atoms with Gasteiger partial charge in [-0.3, -0.25) is 4.79 Å². The molecule has 0 radical (unpaired) electrons. The number of primary amides is 1. The molecular weight excluding hydrogens is 300 g/mol. The number of urea groups is 1. The van der Waals surface area contributed by atoms with Gasteiger partial charge in [0, 0.05) is 18.9 Å². The van der Waals surface area contributed by atoms with E-state index in [1.54, 1.807) is 18.2 Å². The molecular formula is C12H19ClN4O4. The fraction of sp³-hybridized carbons (Fsp3) is 0.333. The largest absolute Gasteiger partial charge is 0.494 e. The number of nitrogens with two attached hydrogens (primary N) is 2. The third kappa shape index (κ3) is 5.86. The van der Waals surface area contributed by atoms with Gasteiger partial charge in [0.25, 0.3) is 0 Å². The first-order valence-electron chi connectivity index (χ1n) is 5.77. The van der Waals surface area contributed by atoms with Crippen LogP contribution in [0.5, 0.6) is 5.75 Å². The molecule has 0 aliphatic heterocycles. The van der Waals surface area contributed by atoms with Crippen LogP contribution < -0.4 is 26.8 Å². The van der Waals surface area contributed by atoms with Crippen LogP contribution in [-0.2, 0) is 9.53 Å². The minimum atomic E-state index is -0.769. The average molecular weight is 319 g/mol. The van der Waals surface area contributed by atoms with Gasteiger partial charge in [-0.05, 0) is 12.1 Å². The second-order valence-corrected chi connectivity index (χ2v) is 3.96. The number of methoxy groups -OCH3 is 2. The van der Waals surface area contributed by atoms with Crippen LogP contribution in [0.3, 0.4) is 0 Å². The Morgan fingerprint density at radius 2 is 1.95 bits per heavy atom. The fourth-order valence-electron chi connectivity index (χ4n) is 1.50. The Labute approximate surface area is 128 Å². The maximum absolute atomic E-state index is 11.7. The third-order valence-corrected chi connectivity index (χ3v) is 2.41. The molecule has 118 valence electrons. The predicted octanol–water partition coefficient (Wildman–Crippen LogP) is 0.520. The number of hydrogen-bond donors (Lipinski definition) is 4. The summed E-state index contributed by atoms with van der Waals surface area (Å²) in [7, 11) is 2.89. The lowest BCUT2D eigenvalue weighted by molar-refractivity contribution is -0.118. The molecule has 1 unspecified atom stereocenters. The van der Waals surface area contributed by atoms with E-state index in [0.29, 0.717) is 17.1 Å². The zero-order valence-electron chi connectivity index (χ0n) is 11.7. The first-order valence-corrected chi connectivity index (χ1v) is 5.77. The van der Waals surface area contributed by atoms with Crippen molar-refractivity contribution in [3.63, 3.8) is 0 Å². The molecule has 3 amide bonds. The number of nitrogens with one attached hydrogen (secondary N) is 2.